The molecule has 3 nitrogen and oxygen atoms in total. The SMILES string of the molecule is C#Cc1ccc(Nc2c(C(=O)c3ccccn3)ccc(F)c2F)c(F)c1. The lowest BCUT2D eigenvalue weighted by atomic mass is 10.0. The minimum Gasteiger partial charge on any atom is -0.350 e. The molecular formula is C20H11F3N2O. The second kappa shape index (κ2) is 7.11. The van der Waals surface area contributed by atoms with Crippen molar-refractivity contribution in [1.29, 1.82) is 0 Å². The third kappa shape index (κ3) is 3.28. The molecule has 3 aromatic rings. The van der Waals surface area contributed by atoms with Crippen molar-refractivity contribution >= 4 is 17.2 Å². The summed E-state index contributed by atoms with van der Waals surface area (Å²) in [5.74, 6) is -1.60. The molecule has 128 valence electrons. The van der Waals surface area contributed by atoms with E-state index in [1.807, 2.05) is 0 Å². The molecule has 1 heterocycles. The highest BCUT2D eigenvalue weighted by atomic mass is 19.2. The van der Waals surface area contributed by atoms with Crippen LogP contribution in [-0.4, -0.2) is 10.8 Å². The quantitative estimate of drug-likeness (QED) is 0.557. The van der Waals surface area contributed by atoms with E-state index in [0.717, 1.165) is 18.2 Å². The highest BCUT2D eigenvalue weighted by molar-refractivity contribution is 6.11. The van der Waals surface area contributed by atoms with Gasteiger partial charge in [-0.1, -0.05) is 12.0 Å². The first kappa shape index (κ1) is 17.2. The number of halogens is 3. The first-order valence-corrected chi connectivity index (χ1v) is 7.48. The molecule has 0 amide bonds. The Kier molecular flexibility index (Phi) is 4.72. The zero-order valence-corrected chi connectivity index (χ0v) is 13.3. The predicted octanol–water partition coefficient (Wildman–Crippen LogP) is 4.45. The number of ketones is 1. The van der Waals surface area contributed by atoms with E-state index in [2.05, 4.69) is 16.2 Å². The molecule has 3 rings (SSSR count). The van der Waals surface area contributed by atoms with Gasteiger partial charge in [0, 0.05) is 11.8 Å². The van der Waals surface area contributed by atoms with Crippen LogP contribution < -0.4 is 5.32 Å². The van der Waals surface area contributed by atoms with Gasteiger partial charge in [0.05, 0.1) is 16.9 Å². The minimum atomic E-state index is -1.30. The van der Waals surface area contributed by atoms with E-state index >= 15 is 0 Å². The van der Waals surface area contributed by atoms with Gasteiger partial charge in [0.1, 0.15) is 11.5 Å². The number of pyridine rings is 1. The van der Waals surface area contributed by atoms with Gasteiger partial charge in [0.2, 0.25) is 5.78 Å². The van der Waals surface area contributed by atoms with Crippen molar-refractivity contribution in [2.24, 2.45) is 0 Å². The number of carbonyl (C=O) groups is 1. The molecule has 26 heavy (non-hydrogen) atoms. The molecule has 0 spiro atoms. The average molecular weight is 352 g/mol. The maximum Gasteiger partial charge on any atom is 0.213 e. The number of nitrogens with one attached hydrogen (secondary N) is 1. The first-order valence-electron chi connectivity index (χ1n) is 7.48. The largest absolute Gasteiger partial charge is 0.350 e. The standard InChI is InChI=1S/C20H11F3N2O/c1-2-12-6-9-16(15(22)11-12)25-19-13(7-8-14(21)18(19)23)20(26)17-5-3-4-10-24-17/h1,3-11,25H. The molecular weight excluding hydrogens is 341 g/mol. The van der Waals surface area contributed by atoms with Crippen LogP contribution in [0.3, 0.4) is 0 Å². The summed E-state index contributed by atoms with van der Waals surface area (Å²) >= 11 is 0. The lowest BCUT2D eigenvalue weighted by molar-refractivity contribution is 0.103. The Bertz CT molecular complexity index is 1030. The topological polar surface area (TPSA) is 42.0 Å². The second-order valence-electron chi connectivity index (χ2n) is 5.29. The Morgan fingerprint density at radius 3 is 2.50 bits per heavy atom. The summed E-state index contributed by atoms with van der Waals surface area (Å²) in [6.07, 6.45) is 6.60. The van der Waals surface area contributed by atoms with Gasteiger partial charge < -0.3 is 5.32 Å². The normalized spacial score (nSPS) is 10.2. The Balaban J connectivity index is 2.08. The molecule has 0 aliphatic heterocycles. The molecule has 0 radical (unpaired) electrons. The van der Waals surface area contributed by atoms with E-state index < -0.39 is 28.9 Å². The average Bonchev–Trinajstić information content (AvgIpc) is 2.67. The van der Waals surface area contributed by atoms with E-state index in [-0.39, 0.29) is 22.5 Å². The lowest BCUT2D eigenvalue weighted by Crippen LogP contribution is -2.10. The number of hydrogen-bond donors (Lipinski definition) is 1. The van der Waals surface area contributed by atoms with Gasteiger partial charge in [0.15, 0.2) is 11.6 Å². The third-order valence-corrected chi connectivity index (χ3v) is 3.63. The summed E-state index contributed by atoms with van der Waals surface area (Å²) in [7, 11) is 0. The van der Waals surface area contributed by atoms with E-state index in [4.69, 9.17) is 6.42 Å². The van der Waals surface area contributed by atoms with Gasteiger partial charge in [0.25, 0.3) is 0 Å². The smallest absolute Gasteiger partial charge is 0.213 e. The summed E-state index contributed by atoms with van der Waals surface area (Å²) in [5, 5.41) is 2.44. The Labute approximate surface area is 147 Å². The first-order chi connectivity index (χ1) is 12.5. The van der Waals surface area contributed by atoms with Crippen LogP contribution in [0.2, 0.25) is 0 Å². The van der Waals surface area contributed by atoms with E-state index in [9.17, 15) is 18.0 Å². The summed E-state index contributed by atoms with van der Waals surface area (Å²) in [6.45, 7) is 0. The van der Waals surface area contributed by atoms with E-state index in [0.29, 0.717) is 0 Å². The molecule has 0 aliphatic carbocycles. The van der Waals surface area contributed by atoms with Crippen molar-refractivity contribution < 1.29 is 18.0 Å². The summed E-state index contributed by atoms with van der Waals surface area (Å²) < 4.78 is 42.2. The molecule has 6 heteroatoms. The van der Waals surface area contributed by atoms with Crippen LogP contribution in [0.15, 0.2) is 54.7 Å². The van der Waals surface area contributed by atoms with Crippen molar-refractivity contribution in [2.75, 3.05) is 5.32 Å². The number of anilines is 2. The molecule has 1 N–H and O–H groups in total. The van der Waals surface area contributed by atoms with Crippen LogP contribution in [0.1, 0.15) is 21.6 Å². The van der Waals surface area contributed by atoms with Gasteiger partial charge in [-0.25, -0.2) is 13.2 Å². The van der Waals surface area contributed by atoms with Crippen molar-refractivity contribution in [3.63, 3.8) is 0 Å². The van der Waals surface area contributed by atoms with E-state index in [1.165, 1.54) is 24.4 Å². The van der Waals surface area contributed by atoms with Gasteiger partial charge >= 0.3 is 0 Å². The molecule has 0 fully saturated rings. The van der Waals surface area contributed by atoms with Gasteiger partial charge in [-0.15, -0.1) is 6.42 Å². The fourth-order valence-electron chi connectivity index (χ4n) is 2.34. The fourth-order valence-corrected chi connectivity index (χ4v) is 2.34. The zero-order chi connectivity index (χ0) is 18.7. The number of hydrogen-bond acceptors (Lipinski definition) is 3. The molecule has 0 bridgehead atoms. The van der Waals surface area contributed by atoms with Crippen LogP contribution in [-0.2, 0) is 0 Å². The maximum atomic E-state index is 14.3. The molecule has 0 saturated heterocycles. The minimum absolute atomic E-state index is 0.0460. The van der Waals surface area contributed by atoms with Crippen molar-refractivity contribution in [2.45, 2.75) is 0 Å². The summed E-state index contributed by atoms with van der Waals surface area (Å²) in [6, 6.07) is 10.4. The fraction of sp³-hybridized carbons (Fsp3) is 0. The maximum absolute atomic E-state index is 14.3. The third-order valence-electron chi connectivity index (χ3n) is 3.63. The van der Waals surface area contributed by atoms with Crippen molar-refractivity contribution in [3.05, 3.63) is 89.0 Å². The number of rotatable bonds is 4. The highest BCUT2D eigenvalue weighted by Gasteiger charge is 2.21. The van der Waals surface area contributed by atoms with Gasteiger partial charge in [-0.3, -0.25) is 9.78 Å². The lowest BCUT2D eigenvalue weighted by Gasteiger charge is -2.13. The van der Waals surface area contributed by atoms with Crippen LogP contribution in [0.4, 0.5) is 24.5 Å². The molecule has 0 atom stereocenters. The summed E-state index contributed by atoms with van der Waals surface area (Å²) in [4.78, 5) is 16.5. The van der Waals surface area contributed by atoms with Gasteiger partial charge in [-0.05, 0) is 42.5 Å². The number of carbonyl (C=O) groups excluding carboxylic acids is 1. The molecule has 0 aliphatic rings. The summed E-state index contributed by atoms with van der Waals surface area (Å²) in [5.41, 5.74) is -0.470. The second-order valence-corrected chi connectivity index (χ2v) is 5.29. The number of benzene rings is 2. The molecule has 0 saturated carbocycles. The number of aromatic nitrogens is 1. The molecule has 0 unspecified atom stereocenters. The zero-order valence-electron chi connectivity index (χ0n) is 13.3. The van der Waals surface area contributed by atoms with Crippen molar-refractivity contribution in [3.8, 4) is 12.3 Å². The van der Waals surface area contributed by atoms with Crippen LogP contribution in [0.25, 0.3) is 0 Å². The Hall–Kier alpha value is -3.59. The highest BCUT2D eigenvalue weighted by Crippen LogP contribution is 2.29. The Morgan fingerprint density at radius 1 is 1.04 bits per heavy atom. The molecule has 1 aromatic heterocycles. The predicted molar refractivity (Wildman–Crippen MR) is 91.6 cm³/mol. The van der Waals surface area contributed by atoms with Crippen LogP contribution in [0.5, 0.6) is 0 Å². The van der Waals surface area contributed by atoms with Crippen molar-refractivity contribution in [1.82, 2.24) is 4.98 Å². The van der Waals surface area contributed by atoms with Crippen LogP contribution in [0, 0.1) is 29.8 Å². The van der Waals surface area contributed by atoms with Gasteiger partial charge in [-0.2, -0.15) is 0 Å². The number of terminal acetylenes is 1. The monoisotopic (exact) mass is 352 g/mol. The number of nitrogens with zero attached hydrogens (tertiary/aromatic N) is 1. The van der Waals surface area contributed by atoms with E-state index in [1.54, 1.807) is 12.1 Å². The van der Waals surface area contributed by atoms with Crippen LogP contribution >= 0.6 is 0 Å². The molecule has 2 aromatic carbocycles. The Morgan fingerprint density at radius 2 is 1.85 bits per heavy atom.